The van der Waals surface area contributed by atoms with Crippen molar-refractivity contribution in [2.75, 3.05) is 0 Å². The van der Waals surface area contributed by atoms with E-state index in [9.17, 15) is 5.21 Å². The van der Waals surface area contributed by atoms with Gasteiger partial charge in [0.1, 0.15) is 9.07 Å². The molecule has 120 valence electrons. The van der Waals surface area contributed by atoms with Gasteiger partial charge in [0.2, 0.25) is 0 Å². The molecule has 2 aromatic rings. The van der Waals surface area contributed by atoms with E-state index in [2.05, 4.69) is 26.0 Å². The lowest BCUT2D eigenvalue weighted by molar-refractivity contribution is -0.524. The second kappa shape index (κ2) is 6.63. The number of hydrogen-bond acceptors (Lipinski definition) is 4. The first-order chi connectivity index (χ1) is 11.0. The third-order valence-electron chi connectivity index (χ3n) is 3.74. The molecule has 3 nitrogen and oxygen atoms in total. The van der Waals surface area contributed by atoms with Crippen molar-refractivity contribution < 1.29 is 4.74 Å². The molecule has 1 atom stereocenters. The van der Waals surface area contributed by atoms with Crippen molar-refractivity contribution in [3.63, 3.8) is 0 Å². The van der Waals surface area contributed by atoms with Crippen LogP contribution in [0, 0.1) is 5.21 Å². The average molecular weight is 363 g/mol. The molecule has 6 heteroatoms. The van der Waals surface area contributed by atoms with Crippen molar-refractivity contribution in [2.45, 2.75) is 31.3 Å². The first-order valence-corrected chi connectivity index (χ1v) is 9.45. The monoisotopic (exact) mass is 362 g/mol. The summed E-state index contributed by atoms with van der Waals surface area (Å²) in [6.45, 7) is 4.80. The molecule has 23 heavy (non-hydrogen) atoms. The third kappa shape index (κ3) is 3.59. The van der Waals surface area contributed by atoms with Crippen LogP contribution in [0.2, 0.25) is 0 Å². The summed E-state index contributed by atoms with van der Waals surface area (Å²) < 4.78 is 1.58. The summed E-state index contributed by atoms with van der Waals surface area (Å²) >= 11 is 8.70. The smallest absolute Gasteiger partial charge is 0.254 e. The Bertz CT molecular complexity index is 711. The summed E-state index contributed by atoms with van der Waals surface area (Å²) in [6, 6.07) is 14.0. The maximum absolute atomic E-state index is 12.8. The van der Waals surface area contributed by atoms with Gasteiger partial charge < -0.3 is 5.21 Å². The molecule has 1 aliphatic heterocycles. The Labute approximate surface area is 150 Å². The Balaban J connectivity index is 1.91. The average Bonchev–Trinajstić information content (AvgIpc) is 3.06. The Hall–Kier alpha value is -1.37. The van der Waals surface area contributed by atoms with E-state index in [4.69, 9.17) is 12.2 Å². The third-order valence-corrected chi connectivity index (χ3v) is 6.17. The van der Waals surface area contributed by atoms with Crippen LogP contribution < -0.4 is 0 Å². The van der Waals surface area contributed by atoms with Gasteiger partial charge in [-0.05, 0) is 30.9 Å². The van der Waals surface area contributed by atoms with Crippen LogP contribution in [0.5, 0.6) is 0 Å². The molecule has 2 heterocycles. The minimum absolute atomic E-state index is 0.263. The van der Waals surface area contributed by atoms with Gasteiger partial charge >= 0.3 is 0 Å². The normalized spacial score (nSPS) is 21.0. The lowest BCUT2D eigenvalue weighted by atomic mass is 10.1. The van der Waals surface area contributed by atoms with Crippen LogP contribution in [0.1, 0.15) is 24.3 Å². The summed E-state index contributed by atoms with van der Waals surface area (Å²) in [4.78, 5) is 2.99. The minimum Gasteiger partial charge on any atom is -0.622 e. The van der Waals surface area contributed by atoms with E-state index >= 15 is 0 Å². The minimum atomic E-state index is -0.317. The molecule has 1 fully saturated rings. The van der Waals surface area contributed by atoms with Crippen LogP contribution in [0.3, 0.4) is 0 Å². The SMILES string of the molecule is CC1(C)SC(=S)N(Cc2ccccc2)[C@@H]1/[N+]([O-])=C/c1cccs1. The summed E-state index contributed by atoms with van der Waals surface area (Å²) in [5.74, 6) is 0. The number of thioether (sulfide) groups is 1. The highest BCUT2D eigenvalue weighted by atomic mass is 32.2. The quantitative estimate of drug-likeness (QED) is 0.266. The summed E-state index contributed by atoms with van der Waals surface area (Å²) in [7, 11) is 0. The van der Waals surface area contributed by atoms with Crippen molar-refractivity contribution in [3.8, 4) is 0 Å². The molecule has 1 saturated heterocycles. The van der Waals surface area contributed by atoms with E-state index in [1.54, 1.807) is 29.3 Å². The molecule has 1 aromatic heterocycles. The first kappa shape index (κ1) is 16.5. The zero-order valence-corrected chi connectivity index (χ0v) is 15.5. The van der Waals surface area contributed by atoms with Gasteiger partial charge in [-0.1, -0.05) is 60.4 Å². The molecule has 0 unspecified atom stereocenters. The maximum atomic E-state index is 12.8. The van der Waals surface area contributed by atoms with Crippen LogP contribution in [-0.4, -0.2) is 31.1 Å². The van der Waals surface area contributed by atoms with Crippen LogP contribution in [-0.2, 0) is 6.54 Å². The molecular formula is C17H18N2OS3. The van der Waals surface area contributed by atoms with Gasteiger partial charge in [0.25, 0.3) is 6.17 Å². The van der Waals surface area contributed by atoms with E-state index in [-0.39, 0.29) is 10.9 Å². The molecule has 1 aromatic carbocycles. The van der Waals surface area contributed by atoms with Gasteiger partial charge in [-0.15, -0.1) is 11.3 Å². The molecule has 1 aliphatic rings. The Morgan fingerprint density at radius 3 is 2.65 bits per heavy atom. The van der Waals surface area contributed by atoms with Gasteiger partial charge in [-0.2, -0.15) is 4.74 Å². The van der Waals surface area contributed by atoms with E-state index in [0.29, 0.717) is 6.54 Å². The molecule has 0 aliphatic carbocycles. The van der Waals surface area contributed by atoms with Gasteiger partial charge in [0.05, 0.1) is 11.4 Å². The number of thiophene rings is 1. The van der Waals surface area contributed by atoms with Crippen molar-refractivity contribution >= 4 is 45.9 Å². The van der Waals surface area contributed by atoms with Crippen molar-refractivity contribution in [1.82, 2.24) is 4.90 Å². The van der Waals surface area contributed by atoms with Crippen molar-refractivity contribution in [3.05, 3.63) is 63.5 Å². The molecule has 0 saturated carbocycles. The second-order valence-corrected chi connectivity index (χ2v) is 9.23. The van der Waals surface area contributed by atoms with Gasteiger partial charge in [-0.3, -0.25) is 4.90 Å². The summed E-state index contributed by atoms with van der Waals surface area (Å²) in [6.07, 6.45) is 1.35. The van der Waals surface area contributed by atoms with Gasteiger partial charge in [-0.25, -0.2) is 0 Å². The van der Waals surface area contributed by atoms with Gasteiger partial charge in [0.15, 0.2) is 6.21 Å². The number of hydrogen-bond donors (Lipinski definition) is 0. The lowest BCUT2D eigenvalue weighted by Crippen LogP contribution is -2.47. The Kier molecular flexibility index (Phi) is 4.75. The number of benzene rings is 1. The van der Waals surface area contributed by atoms with E-state index in [1.165, 1.54) is 0 Å². The zero-order chi connectivity index (χ0) is 16.4. The molecule has 0 bridgehead atoms. The fourth-order valence-electron chi connectivity index (χ4n) is 2.75. The van der Waals surface area contributed by atoms with Crippen molar-refractivity contribution in [2.24, 2.45) is 0 Å². The van der Waals surface area contributed by atoms with Crippen LogP contribution in [0.4, 0.5) is 0 Å². The van der Waals surface area contributed by atoms with E-state index in [0.717, 1.165) is 19.5 Å². The van der Waals surface area contributed by atoms with E-state index < -0.39 is 0 Å². The molecule has 0 amide bonds. The zero-order valence-electron chi connectivity index (χ0n) is 13.0. The highest BCUT2D eigenvalue weighted by Gasteiger charge is 2.50. The summed E-state index contributed by atoms with van der Waals surface area (Å²) in [5, 5.41) is 14.8. The predicted octanol–water partition coefficient (Wildman–Crippen LogP) is 4.32. The maximum Gasteiger partial charge on any atom is 0.254 e. The van der Waals surface area contributed by atoms with Crippen molar-refractivity contribution in [1.29, 1.82) is 0 Å². The molecular weight excluding hydrogens is 344 g/mol. The molecule has 0 spiro atoms. The largest absolute Gasteiger partial charge is 0.622 e. The molecule has 0 N–H and O–H groups in total. The Morgan fingerprint density at radius 2 is 2.00 bits per heavy atom. The highest BCUT2D eigenvalue weighted by Crippen LogP contribution is 2.42. The van der Waals surface area contributed by atoms with E-state index in [1.807, 2.05) is 40.6 Å². The molecule has 0 radical (unpaired) electrons. The molecule has 3 rings (SSSR count). The fraction of sp³-hybridized carbons (Fsp3) is 0.294. The predicted molar refractivity (Wildman–Crippen MR) is 103 cm³/mol. The Morgan fingerprint density at radius 1 is 1.26 bits per heavy atom. The number of nitrogens with zero attached hydrogens (tertiary/aromatic N) is 2. The van der Waals surface area contributed by atoms with Crippen LogP contribution in [0.15, 0.2) is 47.8 Å². The fourth-order valence-corrected chi connectivity index (χ4v) is 5.26. The highest BCUT2D eigenvalue weighted by molar-refractivity contribution is 8.24. The topological polar surface area (TPSA) is 29.3 Å². The van der Waals surface area contributed by atoms with Crippen LogP contribution in [0.25, 0.3) is 0 Å². The number of thiocarbonyl (C=S) groups is 1. The first-order valence-electron chi connectivity index (χ1n) is 7.35. The van der Waals surface area contributed by atoms with Crippen LogP contribution >= 0.6 is 35.3 Å². The standard InChI is InChI=1S/C17H18N2OS3/c1-17(2)15(19(20)12-14-9-6-10-22-14)18(16(21)23-17)11-13-7-4-3-5-8-13/h3-10,12,15H,11H2,1-2H3/b19-12-/t15-/m1/s1. The lowest BCUT2D eigenvalue weighted by Gasteiger charge is -2.29. The number of rotatable bonds is 4. The van der Waals surface area contributed by atoms with Gasteiger partial charge in [0, 0.05) is 0 Å². The number of hydroxylamine groups is 1. The second-order valence-electron chi connectivity index (χ2n) is 5.96. The summed E-state index contributed by atoms with van der Waals surface area (Å²) in [5.41, 5.74) is 1.16.